The van der Waals surface area contributed by atoms with Crippen LogP contribution in [0, 0.1) is 6.92 Å². The van der Waals surface area contributed by atoms with E-state index in [-0.39, 0.29) is 6.42 Å². The number of aliphatic carboxylic acids is 1. The summed E-state index contributed by atoms with van der Waals surface area (Å²) in [4.78, 5) is 10.2. The lowest BCUT2D eigenvalue weighted by molar-refractivity contribution is -0.304. The van der Waals surface area contributed by atoms with Crippen LogP contribution in [0.3, 0.4) is 0 Å². The van der Waals surface area contributed by atoms with Crippen LogP contribution in [0.15, 0.2) is 24.3 Å². The third-order valence-electron chi connectivity index (χ3n) is 1.43. The molecule has 0 aromatic heterocycles. The molecule has 0 aliphatic heterocycles. The summed E-state index contributed by atoms with van der Waals surface area (Å²) in [7, 11) is 0. The van der Waals surface area contributed by atoms with Crippen LogP contribution in [-0.4, -0.2) is 5.97 Å². The molecule has 0 N–H and O–H groups in total. The van der Waals surface area contributed by atoms with Gasteiger partial charge in [0.05, 0.1) is 0 Å². The van der Waals surface area contributed by atoms with Gasteiger partial charge in [0.1, 0.15) is 0 Å². The van der Waals surface area contributed by atoms with Crippen molar-refractivity contribution in [3.05, 3.63) is 35.4 Å². The summed E-state index contributed by atoms with van der Waals surface area (Å²) in [6.07, 6.45) is 0.00167. The quantitative estimate of drug-likeness (QED) is 0.606. The average molecular weight is 149 g/mol. The van der Waals surface area contributed by atoms with E-state index in [4.69, 9.17) is 0 Å². The summed E-state index contributed by atoms with van der Waals surface area (Å²) < 4.78 is 0. The Morgan fingerprint density at radius 3 is 2.82 bits per heavy atom. The molecule has 0 atom stereocenters. The first kappa shape index (κ1) is 7.79. The van der Waals surface area contributed by atoms with E-state index in [0.29, 0.717) is 0 Å². The van der Waals surface area contributed by atoms with E-state index in [9.17, 15) is 9.90 Å². The minimum Gasteiger partial charge on any atom is -0.550 e. The highest BCUT2D eigenvalue weighted by molar-refractivity contribution is 5.67. The van der Waals surface area contributed by atoms with Gasteiger partial charge in [-0.15, -0.1) is 0 Å². The summed E-state index contributed by atoms with van der Waals surface area (Å²) in [5.74, 6) is -1.03. The van der Waals surface area contributed by atoms with E-state index in [1.54, 1.807) is 6.07 Å². The fourth-order valence-corrected chi connectivity index (χ4v) is 0.989. The molecule has 11 heavy (non-hydrogen) atoms. The van der Waals surface area contributed by atoms with Crippen molar-refractivity contribution in [2.75, 3.05) is 0 Å². The largest absolute Gasteiger partial charge is 0.550 e. The van der Waals surface area contributed by atoms with Gasteiger partial charge in [-0.25, -0.2) is 0 Å². The minimum absolute atomic E-state index is 0.00167. The normalized spacial score (nSPS) is 9.55. The molecule has 2 heteroatoms. The molecule has 0 saturated carbocycles. The van der Waals surface area contributed by atoms with Gasteiger partial charge in [-0.05, 0) is 12.5 Å². The molecule has 1 rings (SSSR count). The number of carbonyl (C=O) groups is 1. The van der Waals surface area contributed by atoms with Gasteiger partial charge in [0, 0.05) is 12.4 Å². The van der Waals surface area contributed by atoms with Crippen LogP contribution < -0.4 is 5.11 Å². The highest BCUT2D eigenvalue weighted by Gasteiger charge is 1.91. The third-order valence-corrected chi connectivity index (χ3v) is 1.43. The van der Waals surface area contributed by atoms with Crippen molar-refractivity contribution in [3.63, 3.8) is 0 Å². The molecule has 0 aliphatic carbocycles. The van der Waals surface area contributed by atoms with Crippen molar-refractivity contribution in [2.45, 2.75) is 13.3 Å². The van der Waals surface area contributed by atoms with Crippen LogP contribution in [-0.2, 0) is 11.2 Å². The highest BCUT2D eigenvalue weighted by atomic mass is 16.4. The number of benzene rings is 1. The lowest BCUT2D eigenvalue weighted by Gasteiger charge is -2.02. The Kier molecular flexibility index (Phi) is 2.26. The number of rotatable bonds is 2. The fraction of sp³-hybridized carbons (Fsp3) is 0.222. The van der Waals surface area contributed by atoms with Crippen molar-refractivity contribution in [1.82, 2.24) is 0 Å². The first-order chi connectivity index (χ1) is 5.18. The number of carbonyl (C=O) groups excluding carboxylic acids is 1. The van der Waals surface area contributed by atoms with Crippen molar-refractivity contribution in [1.29, 1.82) is 0 Å². The average Bonchev–Trinajstić information content (AvgIpc) is 1.85. The van der Waals surface area contributed by atoms with Gasteiger partial charge in [0.25, 0.3) is 0 Å². The summed E-state index contributed by atoms with van der Waals surface area (Å²) in [6.45, 7) is 1.93. The highest BCUT2D eigenvalue weighted by Crippen LogP contribution is 2.03. The zero-order chi connectivity index (χ0) is 8.27. The summed E-state index contributed by atoms with van der Waals surface area (Å²) in [5.41, 5.74) is 1.87. The standard InChI is InChI=1S/C9H10O2/c1-7-3-2-4-8(5-7)6-9(10)11/h2-5H,6H2,1H3,(H,10,11)/p-1. The van der Waals surface area contributed by atoms with Gasteiger partial charge >= 0.3 is 0 Å². The van der Waals surface area contributed by atoms with Crippen LogP contribution in [0.5, 0.6) is 0 Å². The maximum Gasteiger partial charge on any atom is 0.0458 e. The number of carboxylic acids is 1. The lowest BCUT2D eigenvalue weighted by atomic mass is 10.1. The molecule has 0 bridgehead atoms. The molecule has 0 heterocycles. The third kappa shape index (κ3) is 2.42. The van der Waals surface area contributed by atoms with Crippen molar-refractivity contribution < 1.29 is 9.90 Å². The second-order valence-electron chi connectivity index (χ2n) is 2.54. The topological polar surface area (TPSA) is 40.1 Å². The van der Waals surface area contributed by atoms with Gasteiger partial charge in [-0.1, -0.05) is 29.8 Å². The molecule has 0 spiro atoms. The number of hydrogen-bond donors (Lipinski definition) is 0. The lowest BCUT2D eigenvalue weighted by Crippen LogP contribution is -2.24. The molecular weight excluding hydrogens is 140 g/mol. The smallest absolute Gasteiger partial charge is 0.0458 e. The zero-order valence-corrected chi connectivity index (χ0v) is 6.33. The molecule has 2 nitrogen and oxygen atoms in total. The molecule has 0 radical (unpaired) electrons. The second kappa shape index (κ2) is 3.19. The Hall–Kier alpha value is -1.31. The Morgan fingerprint density at radius 1 is 1.55 bits per heavy atom. The van der Waals surface area contributed by atoms with Crippen molar-refractivity contribution in [3.8, 4) is 0 Å². The molecule has 0 saturated heterocycles. The van der Waals surface area contributed by atoms with Gasteiger partial charge in [-0.3, -0.25) is 0 Å². The van der Waals surface area contributed by atoms with E-state index in [0.717, 1.165) is 11.1 Å². The van der Waals surface area contributed by atoms with Crippen LogP contribution in [0.4, 0.5) is 0 Å². The van der Waals surface area contributed by atoms with Crippen molar-refractivity contribution >= 4 is 5.97 Å². The first-order valence-electron chi connectivity index (χ1n) is 3.44. The first-order valence-corrected chi connectivity index (χ1v) is 3.44. The number of hydrogen-bond acceptors (Lipinski definition) is 2. The SMILES string of the molecule is Cc1cccc(CC(=O)[O-])c1. The molecule has 58 valence electrons. The van der Waals surface area contributed by atoms with Gasteiger partial charge in [0.2, 0.25) is 0 Å². The molecule has 0 aliphatic rings. The summed E-state index contributed by atoms with van der Waals surface area (Å²) in [5, 5.41) is 10.2. The molecule has 1 aromatic carbocycles. The van der Waals surface area contributed by atoms with E-state index >= 15 is 0 Å². The summed E-state index contributed by atoms with van der Waals surface area (Å²) in [6, 6.07) is 7.39. The van der Waals surface area contributed by atoms with Crippen LogP contribution in [0.1, 0.15) is 11.1 Å². The van der Waals surface area contributed by atoms with Gasteiger partial charge in [0.15, 0.2) is 0 Å². The van der Waals surface area contributed by atoms with Crippen LogP contribution >= 0.6 is 0 Å². The molecular formula is C9H9O2-. The Bertz CT molecular complexity index is 266. The molecule has 0 amide bonds. The van der Waals surface area contributed by atoms with Gasteiger partial charge in [-0.2, -0.15) is 0 Å². The maximum absolute atomic E-state index is 10.2. The zero-order valence-electron chi connectivity index (χ0n) is 6.33. The molecule has 0 fully saturated rings. The Balaban J connectivity index is 2.79. The van der Waals surface area contributed by atoms with E-state index in [2.05, 4.69) is 0 Å². The predicted molar refractivity (Wildman–Crippen MR) is 39.9 cm³/mol. The van der Waals surface area contributed by atoms with Crippen LogP contribution in [0.2, 0.25) is 0 Å². The van der Waals surface area contributed by atoms with Crippen LogP contribution in [0.25, 0.3) is 0 Å². The molecule has 1 aromatic rings. The van der Waals surface area contributed by atoms with E-state index in [1.807, 2.05) is 25.1 Å². The molecule has 0 unspecified atom stereocenters. The Labute approximate surface area is 65.5 Å². The second-order valence-corrected chi connectivity index (χ2v) is 2.54. The number of carboxylic acid groups (broad SMARTS) is 1. The predicted octanol–water partition coefficient (Wildman–Crippen LogP) is 0.287. The minimum atomic E-state index is -1.03. The van der Waals surface area contributed by atoms with Gasteiger partial charge < -0.3 is 9.90 Å². The maximum atomic E-state index is 10.2. The monoisotopic (exact) mass is 149 g/mol. The van der Waals surface area contributed by atoms with Crippen molar-refractivity contribution in [2.24, 2.45) is 0 Å². The fourth-order valence-electron chi connectivity index (χ4n) is 0.989. The summed E-state index contributed by atoms with van der Waals surface area (Å²) >= 11 is 0. The van der Waals surface area contributed by atoms with E-state index in [1.165, 1.54) is 0 Å². The van der Waals surface area contributed by atoms with E-state index < -0.39 is 5.97 Å². The Morgan fingerprint density at radius 2 is 2.27 bits per heavy atom. The number of aryl methyl sites for hydroxylation is 1.